The summed E-state index contributed by atoms with van der Waals surface area (Å²) in [6, 6.07) is 7.19. The summed E-state index contributed by atoms with van der Waals surface area (Å²) in [6.07, 6.45) is 3.40. The highest BCUT2D eigenvalue weighted by Crippen LogP contribution is 2.48. The van der Waals surface area contributed by atoms with Gasteiger partial charge in [-0.25, -0.2) is 13.8 Å². The molecule has 5 aromatic rings. The minimum absolute atomic E-state index is 0.00629. The van der Waals surface area contributed by atoms with Crippen LogP contribution in [0.25, 0.3) is 27.7 Å². The zero-order valence-corrected chi connectivity index (χ0v) is 25.1. The number of benzene rings is 2. The van der Waals surface area contributed by atoms with Gasteiger partial charge in [-0.15, -0.1) is 0 Å². The Kier molecular flexibility index (Phi) is 7.58. The van der Waals surface area contributed by atoms with E-state index in [2.05, 4.69) is 15.2 Å². The molecule has 2 aromatic carbocycles. The van der Waals surface area contributed by atoms with E-state index in [1.54, 1.807) is 13.1 Å². The first-order chi connectivity index (χ1) is 22.5. The van der Waals surface area contributed by atoms with Crippen LogP contribution in [-0.4, -0.2) is 56.8 Å². The van der Waals surface area contributed by atoms with E-state index in [0.717, 1.165) is 44.1 Å². The summed E-state index contributed by atoms with van der Waals surface area (Å²) in [6.45, 7) is 2.39. The zero-order valence-electron chi connectivity index (χ0n) is 25.1. The molecule has 7 rings (SSSR count). The molecule has 8 nitrogen and oxygen atoms in total. The monoisotopic (exact) mass is 649 g/mol. The van der Waals surface area contributed by atoms with Crippen molar-refractivity contribution in [3.8, 4) is 16.9 Å². The quantitative estimate of drug-likeness (QED) is 0.128. The average molecular weight is 650 g/mol. The van der Waals surface area contributed by atoms with E-state index in [-0.39, 0.29) is 52.2 Å². The Morgan fingerprint density at radius 1 is 1.09 bits per heavy atom. The molecule has 1 fully saturated rings. The fourth-order valence-electron chi connectivity index (χ4n) is 6.45. The molecule has 13 heteroatoms. The summed E-state index contributed by atoms with van der Waals surface area (Å²) in [5.74, 6) is -3.79. The first-order valence-corrected chi connectivity index (χ1v) is 15.1. The standard InChI is InChI=1S/C34H28F5N5O3/c1-42-18-40-30-25(42)17-22(34(37,38)39)28-21-6-4-12-44-26(16-19(31(21)44)8-13-47-33(28)30)32(46)20-14-23(35)29(24(36)15-20)41-27(45)7-5-11-43-9-2-3-10-43/h4-7,12,14-18H,2-3,8-11,13H2,1H3,(H,41,45)/b7-5+. The van der Waals surface area contributed by atoms with Gasteiger partial charge in [-0.1, -0.05) is 12.1 Å². The van der Waals surface area contributed by atoms with E-state index >= 15 is 8.78 Å². The van der Waals surface area contributed by atoms with E-state index in [4.69, 9.17) is 4.74 Å². The van der Waals surface area contributed by atoms with E-state index in [1.165, 1.54) is 45.8 Å². The van der Waals surface area contributed by atoms with Crippen molar-refractivity contribution in [2.75, 3.05) is 31.6 Å². The number of hydrogen-bond acceptors (Lipinski definition) is 5. The van der Waals surface area contributed by atoms with Gasteiger partial charge in [-0.2, -0.15) is 13.2 Å². The molecule has 2 aliphatic rings. The number of halogens is 5. The zero-order chi connectivity index (χ0) is 33.0. The Balaban J connectivity index is 1.26. The maximum Gasteiger partial charge on any atom is 0.417 e. The number of fused-ring (bicyclic) bond motifs is 4. The first kappa shape index (κ1) is 30.6. The molecule has 1 saturated heterocycles. The van der Waals surface area contributed by atoms with Gasteiger partial charge in [0, 0.05) is 49.0 Å². The van der Waals surface area contributed by atoms with Crippen molar-refractivity contribution in [3.63, 3.8) is 0 Å². The number of carbonyl (C=O) groups is 2. The molecule has 3 aromatic heterocycles. The number of ether oxygens (including phenoxy) is 1. The lowest BCUT2D eigenvalue weighted by Gasteiger charge is -2.22. The highest BCUT2D eigenvalue weighted by molar-refractivity contribution is 6.10. The molecule has 0 aliphatic carbocycles. The summed E-state index contributed by atoms with van der Waals surface area (Å²) in [5.41, 5.74) is -0.623. The second-order valence-corrected chi connectivity index (χ2v) is 11.7. The molecule has 0 radical (unpaired) electrons. The van der Waals surface area contributed by atoms with Crippen LogP contribution in [0, 0.1) is 11.6 Å². The number of likely N-dealkylation sites (tertiary alicyclic amines) is 1. The number of aryl methyl sites for hydroxylation is 1. The van der Waals surface area contributed by atoms with Crippen molar-refractivity contribution in [3.05, 3.63) is 95.1 Å². The molecule has 1 amide bonds. The number of nitrogens with one attached hydrogen (secondary N) is 1. The van der Waals surface area contributed by atoms with Crippen LogP contribution in [0.5, 0.6) is 5.75 Å². The summed E-state index contributed by atoms with van der Waals surface area (Å²) < 4.78 is 82.8. The third-order valence-corrected chi connectivity index (χ3v) is 8.65. The number of carbonyl (C=O) groups excluding carboxylic acids is 2. The number of rotatable bonds is 6. The summed E-state index contributed by atoms with van der Waals surface area (Å²) >= 11 is 0. The van der Waals surface area contributed by atoms with E-state index in [1.807, 2.05) is 0 Å². The molecule has 1 N–H and O–H groups in total. The molecule has 2 aliphatic heterocycles. The molecule has 47 heavy (non-hydrogen) atoms. The second kappa shape index (κ2) is 11.6. The molecular formula is C34H28F5N5O3. The lowest BCUT2D eigenvalue weighted by Crippen LogP contribution is -2.19. The van der Waals surface area contributed by atoms with Gasteiger partial charge in [-0.3, -0.25) is 14.5 Å². The number of aromatic nitrogens is 3. The van der Waals surface area contributed by atoms with Crippen LogP contribution >= 0.6 is 0 Å². The van der Waals surface area contributed by atoms with Crippen LogP contribution in [0.3, 0.4) is 0 Å². The van der Waals surface area contributed by atoms with E-state index in [9.17, 15) is 22.8 Å². The molecule has 0 bridgehead atoms. The van der Waals surface area contributed by atoms with Gasteiger partial charge in [0.1, 0.15) is 22.8 Å². The smallest absolute Gasteiger partial charge is 0.417 e. The minimum atomic E-state index is -4.75. The SMILES string of the molecule is Cn1cnc2c3c(c(C(F)(F)F)cc21)-c1cccn2c(C(=O)c4cc(F)c(NC(=O)/C=C/CN5CCCC5)c(F)c4)cc(c12)CCO3. The highest BCUT2D eigenvalue weighted by atomic mass is 19.4. The lowest BCUT2D eigenvalue weighted by molar-refractivity contribution is -0.137. The van der Waals surface area contributed by atoms with Gasteiger partial charge >= 0.3 is 6.18 Å². The number of imidazole rings is 1. The fraction of sp³-hybridized carbons (Fsp3) is 0.265. The molecule has 0 spiro atoms. The van der Waals surface area contributed by atoms with Crippen LogP contribution in [-0.2, 0) is 24.4 Å². The molecule has 0 unspecified atom stereocenters. The fourth-order valence-corrected chi connectivity index (χ4v) is 6.45. The Hall–Kier alpha value is -5.04. The van der Waals surface area contributed by atoms with Crippen molar-refractivity contribution < 1.29 is 36.3 Å². The number of pyridine rings is 1. The Morgan fingerprint density at radius 3 is 2.55 bits per heavy atom. The van der Waals surface area contributed by atoms with Gasteiger partial charge in [0.25, 0.3) is 0 Å². The summed E-state index contributed by atoms with van der Waals surface area (Å²) in [4.78, 5) is 32.6. The molecular weight excluding hydrogens is 621 g/mol. The van der Waals surface area contributed by atoms with Crippen molar-refractivity contribution in [1.82, 2.24) is 18.9 Å². The van der Waals surface area contributed by atoms with Crippen LogP contribution < -0.4 is 10.1 Å². The molecule has 0 saturated carbocycles. The van der Waals surface area contributed by atoms with Crippen LogP contribution in [0.2, 0.25) is 0 Å². The van der Waals surface area contributed by atoms with Gasteiger partial charge in [-0.05, 0) is 61.8 Å². The van der Waals surface area contributed by atoms with E-state index in [0.29, 0.717) is 17.6 Å². The molecule has 0 atom stereocenters. The maximum atomic E-state index is 15.2. The normalized spacial score (nSPS) is 15.2. The lowest BCUT2D eigenvalue weighted by atomic mass is 9.94. The van der Waals surface area contributed by atoms with Gasteiger partial charge in [0.15, 0.2) is 5.75 Å². The summed E-state index contributed by atoms with van der Waals surface area (Å²) in [5, 5.41) is 2.20. The third-order valence-electron chi connectivity index (χ3n) is 8.65. The van der Waals surface area contributed by atoms with Crippen LogP contribution in [0.1, 0.15) is 40.0 Å². The Bertz CT molecular complexity index is 2080. The van der Waals surface area contributed by atoms with Crippen LogP contribution in [0.15, 0.2) is 61.1 Å². The molecule has 5 heterocycles. The van der Waals surface area contributed by atoms with Crippen molar-refractivity contribution in [2.45, 2.75) is 25.4 Å². The predicted octanol–water partition coefficient (Wildman–Crippen LogP) is 6.55. The number of amides is 1. The number of ketones is 1. The largest absolute Gasteiger partial charge is 0.490 e. The van der Waals surface area contributed by atoms with E-state index < -0.39 is 40.8 Å². The Labute approximate surface area is 265 Å². The van der Waals surface area contributed by atoms with Crippen molar-refractivity contribution in [2.24, 2.45) is 7.05 Å². The van der Waals surface area contributed by atoms with Crippen molar-refractivity contribution >= 4 is 33.9 Å². The Morgan fingerprint density at radius 2 is 1.83 bits per heavy atom. The van der Waals surface area contributed by atoms with Gasteiger partial charge < -0.3 is 19.0 Å². The van der Waals surface area contributed by atoms with Crippen LogP contribution in [0.4, 0.5) is 27.6 Å². The average Bonchev–Trinajstić information content (AvgIpc) is 3.76. The number of hydrogen-bond donors (Lipinski definition) is 1. The topological polar surface area (TPSA) is 80.9 Å². The van der Waals surface area contributed by atoms with Gasteiger partial charge in [0.2, 0.25) is 11.7 Å². The van der Waals surface area contributed by atoms with Gasteiger partial charge in [0.05, 0.1) is 35.2 Å². The highest BCUT2D eigenvalue weighted by Gasteiger charge is 2.38. The first-order valence-electron chi connectivity index (χ1n) is 15.1. The maximum absolute atomic E-state index is 15.2. The number of nitrogens with zero attached hydrogens (tertiary/aromatic N) is 4. The number of alkyl halides is 3. The minimum Gasteiger partial charge on any atom is -0.490 e. The third kappa shape index (κ3) is 5.43. The predicted molar refractivity (Wildman–Crippen MR) is 165 cm³/mol. The second-order valence-electron chi connectivity index (χ2n) is 11.7. The summed E-state index contributed by atoms with van der Waals surface area (Å²) in [7, 11) is 1.59. The number of anilines is 1. The molecule has 242 valence electrons. The van der Waals surface area contributed by atoms with Crippen molar-refractivity contribution in [1.29, 1.82) is 0 Å².